The van der Waals surface area contributed by atoms with E-state index in [2.05, 4.69) is 24.2 Å². The number of hydrogen-bond acceptors (Lipinski definition) is 3. The lowest BCUT2D eigenvalue weighted by Gasteiger charge is -2.30. The minimum Gasteiger partial charge on any atom is -0.352 e. The highest BCUT2D eigenvalue weighted by atomic mass is 32.2. The van der Waals surface area contributed by atoms with E-state index < -0.39 is 0 Å². The summed E-state index contributed by atoms with van der Waals surface area (Å²) in [6.45, 7) is 0. The maximum Gasteiger partial charge on any atom is 0.229 e. The zero-order valence-electron chi connectivity index (χ0n) is 7.95. The second kappa shape index (κ2) is 5.81. The van der Waals surface area contributed by atoms with Crippen LogP contribution in [0, 0.1) is 0 Å². The van der Waals surface area contributed by atoms with Gasteiger partial charge >= 0.3 is 0 Å². The summed E-state index contributed by atoms with van der Waals surface area (Å²) in [5.41, 5.74) is 0. The molecular formula is C9H17NOS2. The first kappa shape index (κ1) is 11.2. The Kier molecular flexibility index (Phi) is 5.02. The van der Waals surface area contributed by atoms with E-state index >= 15 is 0 Å². The van der Waals surface area contributed by atoms with Crippen molar-refractivity contribution in [3.05, 3.63) is 0 Å². The van der Waals surface area contributed by atoms with Gasteiger partial charge in [-0.25, -0.2) is 0 Å². The van der Waals surface area contributed by atoms with Crippen LogP contribution in [0.25, 0.3) is 0 Å². The maximum atomic E-state index is 11.1. The monoisotopic (exact) mass is 219 g/mol. The van der Waals surface area contributed by atoms with E-state index in [-0.39, 0.29) is 5.91 Å². The van der Waals surface area contributed by atoms with Gasteiger partial charge < -0.3 is 5.32 Å². The zero-order valence-corrected chi connectivity index (χ0v) is 9.66. The molecule has 1 rings (SSSR count). The molecule has 0 aliphatic heterocycles. The van der Waals surface area contributed by atoms with Gasteiger partial charge in [-0.2, -0.15) is 24.4 Å². The van der Waals surface area contributed by atoms with Gasteiger partial charge in [0.25, 0.3) is 0 Å². The Bertz CT molecular complexity index is 175. The van der Waals surface area contributed by atoms with Crippen LogP contribution in [0.15, 0.2) is 0 Å². The molecule has 4 heteroatoms. The van der Waals surface area contributed by atoms with Crippen LogP contribution in [0.5, 0.6) is 0 Å². The second-order valence-corrected chi connectivity index (χ2v) is 4.78. The van der Waals surface area contributed by atoms with E-state index in [0.29, 0.717) is 17.0 Å². The summed E-state index contributed by atoms with van der Waals surface area (Å²) >= 11 is 5.82. The predicted octanol–water partition coefficient (Wildman–Crippen LogP) is 1.71. The van der Waals surface area contributed by atoms with Gasteiger partial charge in [0.15, 0.2) is 0 Å². The lowest BCUT2D eigenvalue weighted by molar-refractivity contribution is -0.119. The van der Waals surface area contributed by atoms with Crippen molar-refractivity contribution in [2.24, 2.45) is 0 Å². The molecule has 0 aromatic heterocycles. The van der Waals surface area contributed by atoms with Gasteiger partial charge in [-0.3, -0.25) is 4.79 Å². The summed E-state index contributed by atoms with van der Waals surface area (Å²) < 4.78 is 0. The van der Waals surface area contributed by atoms with Crippen LogP contribution in [0.1, 0.15) is 25.7 Å². The van der Waals surface area contributed by atoms with Crippen LogP contribution in [0.2, 0.25) is 0 Å². The highest BCUT2D eigenvalue weighted by Crippen LogP contribution is 2.26. The molecule has 76 valence electrons. The third-order valence-corrected chi connectivity index (χ3v) is 3.95. The summed E-state index contributed by atoms with van der Waals surface area (Å²) in [7, 11) is 0. The zero-order chi connectivity index (χ0) is 9.68. The highest BCUT2D eigenvalue weighted by molar-refractivity contribution is 7.99. The van der Waals surface area contributed by atoms with Crippen molar-refractivity contribution in [1.82, 2.24) is 5.32 Å². The SMILES string of the molecule is CSC1CCCCC1NC(=O)CS. The first-order valence-corrected chi connectivity index (χ1v) is 6.63. The van der Waals surface area contributed by atoms with E-state index in [1.54, 1.807) is 0 Å². The molecule has 0 aromatic carbocycles. The molecule has 2 unspecified atom stereocenters. The number of amides is 1. The van der Waals surface area contributed by atoms with E-state index in [1.807, 2.05) is 11.8 Å². The minimum absolute atomic E-state index is 0.0642. The van der Waals surface area contributed by atoms with Gasteiger partial charge in [0, 0.05) is 11.3 Å². The molecule has 0 radical (unpaired) electrons. The summed E-state index contributed by atoms with van der Waals surface area (Å²) in [5.74, 6) is 0.367. The Hall–Kier alpha value is 0.170. The van der Waals surface area contributed by atoms with E-state index in [0.717, 1.165) is 6.42 Å². The molecule has 1 aliphatic carbocycles. The minimum atomic E-state index is 0.0642. The third kappa shape index (κ3) is 3.43. The quantitative estimate of drug-likeness (QED) is 0.708. The molecule has 1 fully saturated rings. The lowest BCUT2D eigenvalue weighted by atomic mass is 9.95. The molecule has 0 heterocycles. The summed E-state index contributed by atoms with van der Waals surface area (Å²) in [6.07, 6.45) is 7.03. The number of carbonyl (C=O) groups excluding carboxylic acids is 1. The van der Waals surface area contributed by atoms with Crippen molar-refractivity contribution >= 4 is 30.3 Å². The van der Waals surface area contributed by atoms with Gasteiger partial charge in [0.05, 0.1) is 5.75 Å². The van der Waals surface area contributed by atoms with Crippen molar-refractivity contribution in [3.8, 4) is 0 Å². The van der Waals surface area contributed by atoms with Crippen molar-refractivity contribution in [1.29, 1.82) is 0 Å². The van der Waals surface area contributed by atoms with Crippen molar-refractivity contribution in [2.75, 3.05) is 12.0 Å². The van der Waals surface area contributed by atoms with Gasteiger partial charge in [0.1, 0.15) is 0 Å². The fourth-order valence-corrected chi connectivity index (χ4v) is 2.82. The van der Waals surface area contributed by atoms with E-state index in [4.69, 9.17) is 0 Å². The summed E-state index contributed by atoms with van der Waals surface area (Å²) in [6, 6.07) is 0.378. The number of thioether (sulfide) groups is 1. The normalized spacial score (nSPS) is 28.5. The van der Waals surface area contributed by atoms with E-state index in [9.17, 15) is 4.79 Å². The molecule has 2 atom stereocenters. The Morgan fingerprint density at radius 2 is 2.23 bits per heavy atom. The first-order chi connectivity index (χ1) is 6.27. The lowest BCUT2D eigenvalue weighted by Crippen LogP contribution is -2.44. The predicted molar refractivity (Wildman–Crippen MR) is 61.6 cm³/mol. The summed E-state index contributed by atoms with van der Waals surface area (Å²) in [4.78, 5) is 11.1. The van der Waals surface area contributed by atoms with Crippen molar-refractivity contribution < 1.29 is 4.79 Å². The maximum absolute atomic E-state index is 11.1. The van der Waals surface area contributed by atoms with Crippen LogP contribution >= 0.6 is 24.4 Å². The number of carbonyl (C=O) groups is 1. The van der Waals surface area contributed by atoms with Crippen LogP contribution in [-0.4, -0.2) is 29.2 Å². The van der Waals surface area contributed by atoms with Crippen LogP contribution in [0.3, 0.4) is 0 Å². The molecular weight excluding hydrogens is 202 g/mol. The number of rotatable bonds is 3. The largest absolute Gasteiger partial charge is 0.352 e. The van der Waals surface area contributed by atoms with Crippen LogP contribution in [-0.2, 0) is 4.79 Å². The Balaban J connectivity index is 2.40. The molecule has 1 aliphatic rings. The Morgan fingerprint density at radius 1 is 1.54 bits per heavy atom. The fraction of sp³-hybridized carbons (Fsp3) is 0.889. The first-order valence-electron chi connectivity index (χ1n) is 4.71. The fourth-order valence-electron chi connectivity index (χ4n) is 1.80. The molecule has 0 bridgehead atoms. The topological polar surface area (TPSA) is 29.1 Å². The molecule has 2 nitrogen and oxygen atoms in total. The Labute approximate surface area is 89.6 Å². The molecule has 1 N–H and O–H groups in total. The molecule has 0 spiro atoms. The number of hydrogen-bond donors (Lipinski definition) is 2. The average molecular weight is 219 g/mol. The highest BCUT2D eigenvalue weighted by Gasteiger charge is 2.24. The van der Waals surface area contributed by atoms with Crippen LogP contribution < -0.4 is 5.32 Å². The van der Waals surface area contributed by atoms with Crippen molar-refractivity contribution in [3.63, 3.8) is 0 Å². The number of thiol groups is 1. The van der Waals surface area contributed by atoms with Gasteiger partial charge in [-0.05, 0) is 19.1 Å². The summed E-state index contributed by atoms with van der Waals surface area (Å²) in [5, 5.41) is 3.64. The molecule has 1 amide bonds. The average Bonchev–Trinajstić information content (AvgIpc) is 2.18. The van der Waals surface area contributed by atoms with Crippen LogP contribution in [0.4, 0.5) is 0 Å². The van der Waals surface area contributed by atoms with E-state index in [1.165, 1.54) is 19.3 Å². The standard InChI is InChI=1S/C9H17NOS2/c1-13-8-5-3-2-4-7(8)10-9(11)6-12/h7-8,12H,2-6H2,1H3,(H,10,11). The van der Waals surface area contributed by atoms with Crippen molar-refractivity contribution in [2.45, 2.75) is 37.0 Å². The smallest absolute Gasteiger partial charge is 0.229 e. The Morgan fingerprint density at radius 3 is 2.85 bits per heavy atom. The van der Waals surface area contributed by atoms with Gasteiger partial charge in [-0.1, -0.05) is 12.8 Å². The molecule has 13 heavy (non-hydrogen) atoms. The molecule has 1 saturated carbocycles. The van der Waals surface area contributed by atoms with Gasteiger partial charge in [-0.15, -0.1) is 0 Å². The van der Waals surface area contributed by atoms with Gasteiger partial charge in [0.2, 0.25) is 5.91 Å². The number of nitrogens with one attached hydrogen (secondary N) is 1. The molecule has 0 aromatic rings. The third-order valence-electron chi connectivity index (χ3n) is 2.50. The second-order valence-electron chi connectivity index (χ2n) is 3.39. The molecule has 0 saturated heterocycles.